The summed E-state index contributed by atoms with van der Waals surface area (Å²) in [6, 6.07) is 11.5. The molecule has 1 saturated carbocycles. The van der Waals surface area contributed by atoms with Crippen molar-refractivity contribution in [3.05, 3.63) is 59.9 Å². The van der Waals surface area contributed by atoms with Crippen LogP contribution in [-0.4, -0.2) is 30.5 Å². The van der Waals surface area contributed by atoms with Gasteiger partial charge in [-0.1, -0.05) is 12.1 Å². The average molecular weight is 353 g/mol. The fourth-order valence-electron chi connectivity index (χ4n) is 2.88. The normalized spacial score (nSPS) is 18.0. The van der Waals surface area contributed by atoms with Gasteiger partial charge in [0, 0.05) is 25.5 Å². The summed E-state index contributed by atoms with van der Waals surface area (Å²) in [6.45, 7) is 1.01. The Bertz CT molecular complexity index is 764. The number of hydrogen-bond donors (Lipinski definition) is 2. The van der Waals surface area contributed by atoms with Crippen molar-refractivity contribution < 1.29 is 14.3 Å². The Morgan fingerprint density at radius 2 is 1.81 bits per heavy atom. The predicted octanol–water partition coefficient (Wildman–Crippen LogP) is 1.70. The van der Waals surface area contributed by atoms with Gasteiger partial charge in [-0.2, -0.15) is 0 Å². The molecule has 3 rings (SSSR count). The molecule has 2 aromatic rings. The lowest BCUT2D eigenvalue weighted by Crippen LogP contribution is -2.31. The monoisotopic (exact) mass is 353 g/mol. The van der Waals surface area contributed by atoms with Crippen LogP contribution in [0.1, 0.15) is 17.5 Å². The number of pyridine rings is 1. The Morgan fingerprint density at radius 1 is 1.08 bits per heavy atom. The lowest BCUT2D eigenvalue weighted by molar-refractivity contribution is -0.127. The third-order valence-electron chi connectivity index (χ3n) is 4.53. The average Bonchev–Trinajstić information content (AvgIpc) is 3.48. The minimum Gasteiger partial charge on any atom is -0.497 e. The first-order valence-electron chi connectivity index (χ1n) is 8.74. The molecule has 1 aromatic carbocycles. The number of carbonyl (C=O) groups excluding carboxylic acids is 2. The van der Waals surface area contributed by atoms with Gasteiger partial charge < -0.3 is 15.4 Å². The van der Waals surface area contributed by atoms with Gasteiger partial charge in [-0.3, -0.25) is 14.6 Å². The Morgan fingerprint density at radius 3 is 2.54 bits per heavy atom. The largest absolute Gasteiger partial charge is 0.497 e. The lowest BCUT2D eigenvalue weighted by Gasteiger charge is -2.07. The molecule has 2 unspecified atom stereocenters. The number of nitrogens with one attached hydrogen (secondary N) is 2. The molecular formula is C20H23N3O3. The summed E-state index contributed by atoms with van der Waals surface area (Å²) in [5, 5.41) is 5.80. The maximum Gasteiger partial charge on any atom is 0.224 e. The first-order chi connectivity index (χ1) is 12.7. The van der Waals surface area contributed by atoms with Crippen LogP contribution >= 0.6 is 0 Å². The number of hydrogen-bond acceptors (Lipinski definition) is 4. The molecule has 2 atom stereocenters. The number of carbonyl (C=O) groups is 2. The predicted molar refractivity (Wildman–Crippen MR) is 97.4 cm³/mol. The second kappa shape index (κ2) is 8.47. The standard InChI is InChI=1S/C20H23N3O3/c1-26-16-4-2-3-14(11-16)7-10-22-19(24)17-12-18(17)20(25)23-13-15-5-8-21-9-6-15/h2-6,8-9,11,17-18H,7,10,12-13H2,1H3,(H,22,24)(H,23,25). The number of benzene rings is 1. The van der Waals surface area contributed by atoms with E-state index in [1.165, 1.54) is 0 Å². The van der Waals surface area contributed by atoms with Crippen LogP contribution in [0.25, 0.3) is 0 Å². The number of nitrogens with zero attached hydrogens (tertiary/aromatic N) is 1. The van der Waals surface area contributed by atoms with Crippen LogP contribution in [0.3, 0.4) is 0 Å². The van der Waals surface area contributed by atoms with E-state index in [1.54, 1.807) is 19.5 Å². The van der Waals surface area contributed by atoms with Crippen LogP contribution in [0.2, 0.25) is 0 Å². The number of methoxy groups -OCH3 is 1. The summed E-state index contributed by atoms with van der Waals surface area (Å²) >= 11 is 0. The SMILES string of the molecule is COc1cccc(CCNC(=O)C2CC2C(=O)NCc2ccncc2)c1. The number of rotatable bonds is 8. The van der Waals surface area contributed by atoms with Crippen LogP contribution in [0.5, 0.6) is 5.75 Å². The van der Waals surface area contributed by atoms with E-state index < -0.39 is 0 Å². The van der Waals surface area contributed by atoms with Gasteiger partial charge in [-0.25, -0.2) is 0 Å². The number of ether oxygens (including phenoxy) is 1. The van der Waals surface area contributed by atoms with Gasteiger partial charge in [0.1, 0.15) is 5.75 Å². The molecule has 6 nitrogen and oxygen atoms in total. The highest BCUT2D eigenvalue weighted by atomic mass is 16.5. The molecule has 1 aliphatic rings. The summed E-state index contributed by atoms with van der Waals surface area (Å²) in [5.41, 5.74) is 2.10. The highest BCUT2D eigenvalue weighted by molar-refractivity contribution is 5.92. The smallest absolute Gasteiger partial charge is 0.224 e. The zero-order valence-electron chi connectivity index (χ0n) is 14.8. The highest BCUT2D eigenvalue weighted by Gasteiger charge is 2.47. The summed E-state index contributed by atoms with van der Waals surface area (Å²) in [4.78, 5) is 28.3. The molecule has 1 aliphatic carbocycles. The molecule has 26 heavy (non-hydrogen) atoms. The molecule has 0 saturated heterocycles. The quantitative estimate of drug-likeness (QED) is 0.757. The maximum absolute atomic E-state index is 12.2. The Hall–Kier alpha value is -2.89. The molecule has 136 valence electrons. The fourth-order valence-corrected chi connectivity index (χ4v) is 2.88. The van der Waals surface area contributed by atoms with Gasteiger partial charge in [0.05, 0.1) is 18.9 Å². The van der Waals surface area contributed by atoms with E-state index in [2.05, 4.69) is 15.6 Å². The summed E-state index contributed by atoms with van der Waals surface area (Å²) in [6.07, 6.45) is 4.73. The van der Waals surface area contributed by atoms with Crippen LogP contribution in [0.4, 0.5) is 0 Å². The molecule has 1 heterocycles. The van der Waals surface area contributed by atoms with Gasteiger partial charge in [-0.15, -0.1) is 0 Å². The Labute approximate surface area is 153 Å². The van der Waals surface area contributed by atoms with Gasteiger partial charge in [0.15, 0.2) is 0 Å². The topological polar surface area (TPSA) is 80.3 Å². The maximum atomic E-state index is 12.2. The van der Waals surface area contributed by atoms with Crippen LogP contribution in [-0.2, 0) is 22.6 Å². The van der Waals surface area contributed by atoms with Crippen molar-refractivity contribution in [2.24, 2.45) is 11.8 Å². The van der Waals surface area contributed by atoms with Gasteiger partial charge in [0.25, 0.3) is 0 Å². The van der Waals surface area contributed by atoms with E-state index in [9.17, 15) is 9.59 Å². The van der Waals surface area contributed by atoms with E-state index >= 15 is 0 Å². The fraction of sp³-hybridized carbons (Fsp3) is 0.350. The number of aromatic nitrogens is 1. The van der Waals surface area contributed by atoms with Crippen molar-refractivity contribution in [3.8, 4) is 5.75 Å². The second-order valence-electron chi connectivity index (χ2n) is 6.41. The van der Waals surface area contributed by atoms with Gasteiger partial charge in [-0.05, 0) is 48.2 Å². The van der Waals surface area contributed by atoms with E-state index in [4.69, 9.17) is 4.74 Å². The minimum absolute atomic E-state index is 0.0445. The third kappa shape index (κ3) is 4.81. The van der Waals surface area contributed by atoms with Crippen molar-refractivity contribution in [1.29, 1.82) is 0 Å². The molecule has 1 fully saturated rings. The van der Waals surface area contributed by atoms with E-state index in [1.807, 2.05) is 36.4 Å². The van der Waals surface area contributed by atoms with Gasteiger partial charge >= 0.3 is 0 Å². The van der Waals surface area contributed by atoms with Crippen LogP contribution in [0, 0.1) is 11.8 Å². The van der Waals surface area contributed by atoms with Crippen LogP contribution in [0.15, 0.2) is 48.8 Å². The first kappa shape index (κ1) is 17.9. The highest BCUT2D eigenvalue weighted by Crippen LogP contribution is 2.38. The molecule has 2 N–H and O–H groups in total. The second-order valence-corrected chi connectivity index (χ2v) is 6.41. The van der Waals surface area contributed by atoms with E-state index in [0.717, 1.165) is 23.3 Å². The van der Waals surface area contributed by atoms with Crippen molar-refractivity contribution in [1.82, 2.24) is 15.6 Å². The zero-order valence-corrected chi connectivity index (χ0v) is 14.8. The summed E-state index contributed by atoms with van der Waals surface area (Å²) in [5.74, 6) is 0.278. The van der Waals surface area contributed by atoms with Crippen molar-refractivity contribution in [3.63, 3.8) is 0 Å². The molecule has 0 spiro atoms. The minimum atomic E-state index is -0.214. The van der Waals surface area contributed by atoms with Crippen molar-refractivity contribution >= 4 is 11.8 Å². The summed E-state index contributed by atoms with van der Waals surface area (Å²) < 4.78 is 5.19. The molecule has 0 aliphatic heterocycles. The van der Waals surface area contributed by atoms with Crippen LogP contribution < -0.4 is 15.4 Å². The Balaban J connectivity index is 1.37. The van der Waals surface area contributed by atoms with E-state index in [0.29, 0.717) is 19.5 Å². The zero-order chi connectivity index (χ0) is 18.4. The molecule has 0 bridgehead atoms. The molecule has 6 heteroatoms. The third-order valence-corrected chi connectivity index (χ3v) is 4.53. The number of amides is 2. The molecule has 0 radical (unpaired) electrons. The Kier molecular flexibility index (Phi) is 5.84. The first-order valence-corrected chi connectivity index (χ1v) is 8.74. The lowest BCUT2D eigenvalue weighted by atomic mass is 10.1. The summed E-state index contributed by atoms with van der Waals surface area (Å²) in [7, 11) is 1.63. The van der Waals surface area contributed by atoms with Crippen molar-refractivity contribution in [2.75, 3.05) is 13.7 Å². The molecular weight excluding hydrogens is 330 g/mol. The van der Waals surface area contributed by atoms with Crippen molar-refractivity contribution in [2.45, 2.75) is 19.4 Å². The molecule has 2 amide bonds. The molecule has 1 aromatic heterocycles. The van der Waals surface area contributed by atoms with E-state index in [-0.39, 0.29) is 23.7 Å². The van der Waals surface area contributed by atoms with Gasteiger partial charge in [0.2, 0.25) is 11.8 Å².